The third-order valence-electron chi connectivity index (χ3n) is 6.31. The highest BCUT2D eigenvalue weighted by Gasteiger charge is 2.37. The molecule has 2 aromatic rings. The first kappa shape index (κ1) is 21.0. The largest absolute Gasteiger partial charge is 0.478 e. The van der Waals surface area contributed by atoms with Gasteiger partial charge in [-0.05, 0) is 70.6 Å². The molecular formula is C26H30O3. The number of ketones is 1. The number of benzene rings is 2. The quantitative estimate of drug-likeness (QED) is 0.509. The summed E-state index contributed by atoms with van der Waals surface area (Å²) in [6.45, 7) is 11.1. The Balaban J connectivity index is 2.00. The van der Waals surface area contributed by atoms with Crippen molar-refractivity contribution in [1.29, 1.82) is 0 Å². The van der Waals surface area contributed by atoms with Crippen molar-refractivity contribution in [2.75, 3.05) is 0 Å². The summed E-state index contributed by atoms with van der Waals surface area (Å²) < 4.78 is 0. The molecule has 3 rings (SSSR count). The number of hydrogen-bond donors (Lipinski definition) is 1. The van der Waals surface area contributed by atoms with Crippen LogP contribution in [-0.4, -0.2) is 16.9 Å². The van der Waals surface area contributed by atoms with Crippen LogP contribution in [0, 0.1) is 0 Å². The van der Waals surface area contributed by atoms with Crippen LogP contribution in [0.15, 0.2) is 42.5 Å². The maximum atomic E-state index is 13.2. The van der Waals surface area contributed by atoms with Crippen molar-refractivity contribution < 1.29 is 14.7 Å². The van der Waals surface area contributed by atoms with Gasteiger partial charge in [-0.15, -0.1) is 0 Å². The van der Waals surface area contributed by atoms with Gasteiger partial charge in [0.2, 0.25) is 0 Å². The van der Waals surface area contributed by atoms with Gasteiger partial charge >= 0.3 is 5.97 Å². The van der Waals surface area contributed by atoms with Crippen LogP contribution in [0.5, 0.6) is 0 Å². The Morgan fingerprint density at radius 3 is 2.14 bits per heavy atom. The van der Waals surface area contributed by atoms with Gasteiger partial charge in [-0.3, -0.25) is 4.79 Å². The van der Waals surface area contributed by atoms with Gasteiger partial charge in [0, 0.05) is 17.2 Å². The second-order valence-electron chi connectivity index (χ2n) is 9.30. The summed E-state index contributed by atoms with van der Waals surface area (Å²) in [6.07, 6.45) is 5.69. The SMILES string of the molecule is CCc1cc(C(=O)c2ccc3c(c2)C(C)(C)CCC3(C)C)ccc1/C=C/C(=O)O. The fourth-order valence-electron chi connectivity index (χ4n) is 4.27. The number of carbonyl (C=O) groups is 2. The van der Waals surface area contributed by atoms with Crippen molar-refractivity contribution in [3.05, 3.63) is 75.9 Å². The molecule has 0 amide bonds. The van der Waals surface area contributed by atoms with E-state index in [1.165, 1.54) is 11.1 Å². The minimum atomic E-state index is -0.980. The number of carbonyl (C=O) groups excluding carboxylic acids is 1. The summed E-state index contributed by atoms with van der Waals surface area (Å²) in [6, 6.07) is 11.7. The smallest absolute Gasteiger partial charge is 0.328 e. The standard InChI is InChI=1S/C26H30O3/c1-6-17-15-19(8-7-18(17)10-12-23(27)28)24(29)20-9-11-21-22(16-20)26(4,5)14-13-25(21,2)3/h7-12,15-16H,6,13-14H2,1-5H3,(H,27,28)/b12-10+. The first-order valence-corrected chi connectivity index (χ1v) is 10.3. The molecule has 29 heavy (non-hydrogen) atoms. The summed E-state index contributed by atoms with van der Waals surface area (Å²) in [5.74, 6) is -0.970. The lowest BCUT2D eigenvalue weighted by Gasteiger charge is -2.42. The van der Waals surface area contributed by atoms with Crippen molar-refractivity contribution in [3.8, 4) is 0 Å². The molecule has 0 spiro atoms. The van der Waals surface area contributed by atoms with E-state index >= 15 is 0 Å². The highest BCUT2D eigenvalue weighted by molar-refractivity contribution is 6.09. The molecule has 3 heteroatoms. The Morgan fingerprint density at radius 1 is 0.931 bits per heavy atom. The van der Waals surface area contributed by atoms with Gasteiger partial charge in [0.25, 0.3) is 0 Å². The lowest BCUT2D eigenvalue weighted by atomic mass is 9.63. The number of carboxylic acids is 1. The van der Waals surface area contributed by atoms with E-state index in [-0.39, 0.29) is 16.6 Å². The molecule has 0 unspecified atom stereocenters. The van der Waals surface area contributed by atoms with E-state index in [1.807, 2.05) is 25.1 Å². The van der Waals surface area contributed by atoms with Gasteiger partial charge in [-0.2, -0.15) is 0 Å². The van der Waals surface area contributed by atoms with E-state index in [4.69, 9.17) is 5.11 Å². The normalized spacial score (nSPS) is 17.1. The Kier molecular flexibility index (Phi) is 5.53. The maximum Gasteiger partial charge on any atom is 0.328 e. The maximum absolute atomic E-state index is 13.2. The Morgan fingerprint density at radius 2 is 1.52 bits per heavy atom. The second kappa shape index (κ2) is 7.62. The third-order valence-corrected chi connectivity index (χ3v) is 6.31. The van der Waals surface area contributed by atoms with Gasteiger partial charge < -0.3 is 5.11 Å². The molecule has 0 saturated heterocycles. The fraction of sp³-hybridized carbons (Fsp3) is 0.385. The molecule has 0 atom stereocenters. The molecular weight excluding hydrogens is 360 g/mol. The summed E-state index contributed by atoms with van der Waals surface area (Å²) >= 11 is 0. The highest BCUT2D eigenvalue weighted by Crippen LogP contribution is 2.46. The van der Waals surface area contributed by atoms with Crippen molar-refractivity contribution >= 4 is 17.8 Å². The van der Waals surface area contributed by atoms with E-state index in [9.17, 15) is 9.59 Å². The molecule has 0 fully saturated rings. The summed E-state index contributed by atoms with van der Waals surface area (Å²) in [4.78, 5) is 24.0. The number of carboxylic acid groups (broad SMARTS) is 1. The molecule has 0 radical (unpaired) electrons. The lowest BCUT2D eigenvalue weighted by Crippen LogP contribution is -2.34. The molecule has 1 aliphatic rings. The Hall–Kier alpha value is -2.68. The van der Waals surface area contributed by atoms with E-state index in [2.05, 4.69) is 39.8 Å². The van der Waals surface area contributed by atoms with Crippen LogP contribution in [0.25, 0.3) is 6.08 Å². The highest BCUT2D eigenvalue weighted by atomic mass is 16.4. The van der Waals surface area contributed by atoms with Crippen molar-refractivity contribution in [2.24, 2.45) is 0 Å². The average Bonchev–Trinajstić information content (AvgIpc) is 2.69. The zero-order valence-electron chi connectivity index (χ0n) is 18.0. The van der Waals surface area contributed by atoms with Crippen LogP contribution in [-0.2, 0) is 22.0 Å². The van der Waals surface area contributed by atoms with Crippen LogP contribution < -0.4 is 0 Å². The van der Waals surface area contributed by atoms with Crippen molar-refractivity contribution in [1.82, 2.24) is 0 Å². The van der Waals surface area contributed by atoms with Crippen LogP contribution >= 0.6 is 0 Å². The van der Waals surface area contributed by atoms with Crippen LogP contribution in [0.1, 0.15) is 85.6 Å². The van der Waals surface area contributed by atoms with E-state index < -0.39 is 5.97 Å². The summed E-state index contributed by atoms with van der Waals surface area (Å²) in [5, 5.41) is 8.86. The molecule has 3 nitrogen and oxygen atoms in total. The molecule has 152 valence electrons. The first-order valence-electron chi connectivity index (χ1n) is 10.3. The summed E-state index contributed by atoms with van der Waals surface area (Å²) in [5.41, 5.74) is 5.95. The minimum Gasteiger partial charge on any atom is -0.478 e. The minimum absolute atomic E-state index is 0.00967. The fourth-order valence-corrected chi connectivity index (χ4v) is 4.27. The van der Waals surface area contributed by atoms with Crippen molar-refractivity contribution in [3.63, 3.8) is 0 Å². The molecule has 0 saturated carbocycles. The van der Waals surface area contributed by atoms with Gasteiger partial charge in [0.05, 0.1) is 0 Å². The van der Waals surface area contributed by atoms with Crippen molar-refractivity contribution in [2.45, 2.75) is 64.7 Å². The number of fused-ring (bicyclic) bond motifs is 1. The number of aryl methyl sites for hydroxylation is 1. The summed E-state index contributed by atoms with van der Waals surface area (Å²) in [7, 11) is 0. The number of rotatable bonds is 5. The second-order valence-corrected chi connectivity index (χ2v) is 9.30. The zero-order chi connectivity index (χ0) is 21.4. The van der Waals surface area contributed by atoms with E-state index in [0.717, 1.165) is 36.5 Å². The van der Waals surface area contributed by atoms with Gasteiger partial charge in [-0.25, -0.2) is 4.79 Å². The van der Waals surface area contributed by atoms with E-state index in [0.29, 0.717) is 11.1 Å². The third kappa shape index (κ3) is 4.19. The predicted octanol–water partition coefficient (Wildman–Crippen LogP) is 5.93. The molecule has 1 aliphatic carbocycles. The first-order chi connectivity index (χ1) is 13.5. The molecule has 0 aromatic heterocycles. The monoisotopic (exact) mass is 390 g/mol. The predicted molar refractivity (Wildman–Crippen MR) is 118 cm³/mol. The topological polar surface area (TPSA) is 54.4 Å². The number of aliphatic carboxylic acids is 1. The average molecular weight is 391 g/mol. The molecule has 0 aliphatic heterocycles. The molecule has 2 aromatic carbocycles. The molecule has 0 heterocycles. The van der Waals surface area contributed by atoms with Crippen LogP contribution in [0.3, 0.4) is 0 Å². The van der Waals surface area contributed by atoms with Crippen LogP contribution in [0.4, 0.5) is 0 Å². The Labute approximate surface area is 173 Å². The zero-order valence-corrected chi connectivity index (χ0v) is 18.0. The Bertz CT molecular complexity index is 993. The van der Waals surface area contributed by atoms with Crippen LogP contribution in [0.2, 0.25) is 0 Å². The van der Waals surface area contributed by atoms with E-state index in [1.54, 1.807) is 12.1 Å². The van der Waals surface area contributed by atoms with Gasteiger partial charge in [-0.1, -0.05) is 58.9 Å². The molecule has 1 N–H and O–H groups in total. The lowest BCUT2D eigenvalue weighted by molar-refractivity contribution is -0.131. The molecule has 0 bridgehead atoms. The van der Waals surface area contributed by atoms with Gasteiger partial charge in [0.15, 0.2) is 5.78 Å². The van der Waals surface area contributed by atoms with Gasteiger partial charge in [0.1, 0.15) is 0 Å². The number of hydrogen-bond acceptors (Lipinski definition) is 2.